The molecule has 0 N–H and O–H groups in total. The Morgan fingerprint density at radius 3 is 2.32 bits per heavy atom. The molecule has 0 aliphatic heterocycles. The lowest BCUT2D eigenvalue weighted by molar-refractivity contribution is -0.218. The molecular formula is C33H47NO3. The van der Waals surface area contributed by atoms with Crippen molar-refractivity contribution in [2.75, 3.05) is 7.11 Å². The van der Waals surface area contributed by atoms with E-state index in [4.69, 9.17) is 4.74 Å². The van der Waals surface area contributed by atoms with Crippen LogP contribution in [0.4, 0.5) is 0 Å². The van der Waals surface area contributed by atoms with E-state index in [0.29, 0.717) is 23.3 Å². The van der Waals surface area contributed by atoms with Crippen molar-refractivity contribution >= 4 is 12.3 Å². The average molecular weight is 506 g/mol. The van der Waals surface area contributed by atoms with Crippen LogP contribution in [0.3, 0.4) is 0 Å². The summed E-state index contributed by atoms with van der Waals surface area (Å²) in [4.78, 5) is 25.4. The summed E-state index contributed by atoms with van der Waals surface area (Å²) >= 11 is 0. The van der Waals surface area contributed by atoms with Crippen molar-refractivity contribution < 1.29 is 14.3 Å². The van der Waals surface area contributed by atoms with E-state index in [1.165, 1.54) is 19.1 Å². The van der Waals surface area contributed by atoms with Crippen molar-refractivity contribution in [3.8, 4) is 6.07 Å². The topological polar surface area (TPSA) is 67.2 Å². The standard InChI is InChI=1S/C33H47NO3/c1-9-22-24(18-34)32(7)25(29(22,3)4)13-14-31(6)26(32)11-10-23-27-21(20(2)19-35)12-15-33(27,28(36)37-8)17-16-30(23,31)5/h19,21,23,25-27H,2,9-17H2,1,3-8H3/t21-,23?,25?,26?,27?,30+,31+,32-,33?/m0/s1. The smallest absolute Gasteiger partial charge is 0.312 e. The van der Waals surface area contributed by atoms with Gasteiger partial charge in [0.15, 0.2) is 0 Å². The zero-order valence-corrected chi connectivity index (χ0v) is 24.2. The second kappa shape index (κ2) is 8.30. The van der Waals surface area contributed by atoms with Gasteiger partial charge in [-0.25, -0.2) is 0 Å². The molecule has 5 rings (SSSR count). The summed E-state index contributed by atoms with van der Waals surface area (Å²) in [5.74, 6) is 1.37. The van der Waals surface area contributed by atoms with Crippen LogP contribution in [0.5, 0.6) is 0 Å². The van der Waals surface area contributed by atoms with Gasteiger partial charge in [0.25, 0.3) is 0 Å². The number of hydrogen-bond acceptors (Lipinski definition) is 4. The number of nitrogens with zero attached hydrogens (tertiary/aromatic N) is 1. The Kier molecular flexibility index (Phi) is 5.99. The van der Waals surface area contributed by atoms with Gasteiger partial charge in [0, 0.05) is 11.0 Å². The maximum absolute atomic E-state index is 13.4. The molecular weight excluding hydrogens is 458 g/mol. The summed E-state index contributed by atoms with van der Waals surface area (Å²) in [6.45, 7) is 18.6. The summed E-state index contributed by atoms with van der Waals surface area (Å²) in [7, 11) is 1.52. The Bertz CT molecular complexity index is 1110. The zero-order valence-electron chi connectivity index (χ0n) is 24.2. The number of allylic oxidation sites excluding steroid dienone is 3. The molecule has 0 heterocycles. The van der Waals surface area contributed by atoms with Crippen LogP contribution >= 0.6 is 0 Å². The summed E-state index contributed by atoms with van der Waals surface area (Å²) in [5.41, 5.74) is 2.67. The average Bonchev–Trinajstić information content (AvgIpc) is 3.34. The van der Waals surface area contributed by atoms with Crippen molar-refractivity contribution in [1.82, 2.24) is 0 Å². The van der Waals surface area contributed by atoms with E-state index in [1.54, 1.807) is 0 Å². The van der Waals surface area contributed by atoms with Gasteiger partial charge in [-0.05, 0) is 109 Å². The van der Waals surface area contributed by atoms with Crippen molar-refractivity contribution in [3.05, 3.63) is 23.3 Å². The first-order chi connectivity index (χ1) is 17.3. The number of nitriles is 1. The molecule has 4 nitrogen and oxygen atoms in total. The van der Waals surface area contributed by atoms with Crippen molar-refractivity contribution in [1.29, 1.82) is 5.26 Å². The molecule has 0 saturated heterocycles. The van der Waals surface area contributed by atoms with Crippen LogP contribution in [-0.4, -0.2) is 19.4 Å². The molecule has 5 aliphatic carbocycles. The van der Waals surface area contributed by atoms with Crippen LogP contribution in [0.2, 0.25) is 0 Å². The number of esters is 1. The number of methoxy groups -OCH3 is 1. The molecule has 0 aromatic carbocycles. The summed E-state index contributed by atoms with van der Waals surface area (Å²) in [6.07, 6.45) is 9.80. The zero-order chi connectivity index (χ0) is 27.2. The quantitative estimate of drug-likeness (QED) is 0.226. The number of carbonyl (C=O) groups excluding carboxylic acids is 2. The first-order valence-corrected chi connectivity index (χ1v) is 14.7. The molecule has 4 saturated carbocycles. The first kappa shape index (κ1) is 26.7. The van der Waals surface area contributed by atoms with Crippen molar-refractivity contribution in [2.45, 2.75) is 99.3 Å². The number of ether oxygens (including phenoxy) is 1. The maximum Gasteiger partial charge on any atom is 0.312 e. The van der Waals surface area contributed by atoms with Crippen LogP contribution in [0.25, 0.3) is 0 Å². The number of rotatable bonds is 4. The Morgan fingerprint density at radius 1 is 1.03 bits per heavy atom. The highest BCUT2D eigenvalue weighted by molar-refractivity contribution is 5.80. The lowest BCUT2D eigenvalue weighted by atomic mass is 9.34. The van der Waals surface area contributed by atoms with Gasteiger partial charge in [-0.15, -0.1) is 0 Å². The first-order valence-electron chi connectivity index (χ1n) is 14.7. The second-order valence-corrected chi connectivity index (χ2v) is 14.5. The molecule has 37 heavy (non-hydrogen) atoms. The number of hydrogen-bond donors (Lipinski definition) is 0. The van der Waals surface area contributed by atoms with E-state index in [2.05, 4.69) is 54.2 Å². The lowest BCUT2D eigenvalue weighted by Crippen LogP contribution is -2.65. The predicted octanol–water partition coefficient (Wildman–Crippen LogP) is 7.45. The van der Waals surface area contributed by atoms with Gasteiger partial charge in [0.2, 0.25) is 0 Å². The molecule has 0 radical (unpaired) electrons. The molecule has 0 bridgehead atoms. The number of carbonyl (C=O) groups is 2. The van der Waals surface area contributed by atoms with E-state index in [1.807, 2.05) is 0 Å². The van der Waals surface area contributed by atoms with E-state index < -0.39 is 5.41 Å². The minimum Gasteiger partial charge on any atom is -0.469 e. The molecule has 5 unspecified atom stereocenters. The number of fused-ring (bicyclic) bond motifs is 7. The predicted molar refractivity (Wildman–Crippen MR) is 145 cm³/mol. The largest absolute Gasteiger partial charge is 0.469 e. The van der Waals surface area contributed by atoms with Gasteiger partial charge in [-0.1, -0.05) is 53.7 Å². The second-order valence-electron chi connectivity index (χ2n) is 14.5. The molecule has 0 amide bonds. The Hall–Kier alpha value is -1.89. The molecule has 202 valence electrons. The van der Waals surface area contributed by atoms with E-state index >= 15 is 0 Å². The van der Waals surface area contributed by atoms with Crippen LogP contribution in [0, 0.1) is 68.0 Å². The minimum atomic E-state index is -0.498. The normalized spacial score (nSPS) is 47.7. The molecule has 5 aliphatic rings. The van der Waals surface area contributed by atoms with Crippen LogP contribution in [0.15, 0.2) is 23.3 Å². The molecule has 4 heteroatoms. The highest BCUT2D eigenvalue weighted by Gasteiger charge is 2.73. The summed E-state index contributed by atoms with van der Waals surface area (Å²) in [6, 6.07) is 2.76. The van der Waals surface area contributed by atoms with Gasteiger partial charge in [-0.2, -0.15) is 5.26 Å². The Labute approximate surface area is 224 Å². The van der Waals surface area contributed by atoms with Gasteiger partial charge in [-0.3, -0.25) is 9.59 Å². The van der Waals surface area contributed by atoms with Crippen LogP contribution < -0.4 is 0 Å². The van der Waals surface area contributed by atoms with Gasteiger partial charge in [0.05, 0.1) is 18.6 Å². The molecule has 9 atom stereocenters. The third-order valence-corrected chi connectivity index (χ3v) is 13.7. The minimum absolute atomic E-state index is 0.0392. The maximum atomic E-state index is 13.4. The third kappa shape index (κ3) is 2.95. The Balaban J connectivity index is 1.63. The molecule has 0 aromatic rings. The van der Waals surface area contributed by atoms with E-state index in [-0.39, 0.29) is 39.5 Å². The van der Waals surface area contributed by atoms with E-state index in [9.17, 15) is 14.9 Å². The van der Waals surface area contributed by atoms with Gasteiger partial charge < -0.3 is 4.74 Å². The highest BCUT2D eigenvalue weighted by Crippen LogP contribution is 2.79. The molecule has 0 spiro atoms. The van der Waals surface area contributed by atoms with Gasteiger partial charge >= 0.3 is 5.97 Å². The summed E-state index contributed by atoms with van der Waals surface area (Å²) in [5, 5.41) is 10.5. The van der Waals surface area contributed by atoms with Gasteiger partial charge in [0.1, 0.15) is 6.29 Å². The highest BCUT2D eigenvalue weighted by atomic mass is 16.5. The van der Waals surface area contributed by atoms with E-state index in [0.717, 1.165) is 63.2 Å². The fourth-order valence-electron chi connectivity index (χ4n) is 12.0. The van der Waals surface area contributed by atoms with Crippen LogP contribution in [-0.2, 0) is 14.3 Å². The fraction of sp³-hybridized carbons (Fsp3) is 0.788. The Morgan fingerprint density at radius 2 is 1.73 bits per heavy atom. The molecule has 0 aromatic heterocycles. The van der Waals surface area contributed by atoms with Crippen molar-refractivity contribution in [2.24, 2.45) is 56.7 Å². The SMILES string of the molecule is C=C(C=O)[C@@H]1CCC2(C(=O)OC)CC[C@]3(C)C(CCC4[C@@]5(C)C(C#N)=C(CC)C(C)(C)C5CC[C@]43C)C12. The summed E-state index contributed by atoms with van der Waals surface area (Å²) < 4.78 is 5.45. The third-order valence-electron chi connectivity index (χ3n) is 13.7. The van der Waals surface area contributed by atoms with Crippen molar-refractivity contribution in [3.63, 3.8) is 0 Å². The number of aldehydes is 1. The lowest BCUT2D eigenvalue weighted by Gasteiger charge is -2.70. The fourth-order valence-corrected chi connectivity index (χ4v) is 12.0. The molecule has 4 fully saturated rings. The monoisotopic (exact) mass is 505 g/mol. The van der Waals surface area contributed by atoms with Crippen LogP contribution in [0.1, 0.15) is 99.3 Å².